The summed E-state index contributed by atoms with van der Waals surface area (Å²) in [6.45, 7) is 0. The Morgan fingerprint density at radius 1 is 1.33 bits per heavy atom. The van der Waals surface area contributed by atoms with Gasteiger partial charge >= 0.3 is 0 Å². The van der Waals surface area contributed by atoms with Crippen molar-refractivity contribution in [2.75, 3.05) is 17.2 Å². The van der Waals surface area contributed by atoms with Crippen LogP contribution >= 0.6 is 11.8 Å². The minimum absolute atomic E-state index is 0.554. The van der Waals surface area contributed by atoms with Crippen molar-refractivity contribution < 1.29 is 0 Å². The molecule has 0 saturated carbocycles. The maximum Gasteiger partial charge on any atom is 0.123 e. The topological polar surface area (TPSA) is 56.7 Å². The smallest absolute Gasteiger partial charge is 0.123 e. The van der Waals surface area contributed by atoms with E-state index in [-0.39, 0.29) is 0 Å². The number of pyridine rings is 1. The average molecular weight is 260 g/mol. The van der Waals surface area contributed by atoms with E-state index in [1.807, 2.05) is 42.6 Å². The summed E-state index contributed by atoms with van der Waals surface area (Å²) in [6, 6.07) is 4.40. The van der Waals surface area contributed by atoms with Gasteiger partial charge in [-0.2, -0.15) is 11.8 Å². The van der Waals surface area contributed by atoms with Gasteiger partial charge in [-0.1, -0.05) is 0 Å². The van der Waals surface area contributed by atoms with Crippen LogP contribution in [0.5, 0.6) is 0 Å². The molecular formula is C13H16N4S. The number of rotatable bonds is 2. The SMILES string of the molecule is Nc1ccc(-c2cncn2C2CCCSC2)cn1. The van der Waals surface area contributed by atoms with E-state index in [0.29, 0.717) is 11.9 Å². The number of thioether (sulfide) groups is 1. The van der Waals surface area contributed by atoms with Gasteiger partial charge in [0.05, 0.1) is 18.2 Å². The first kappa shape index (κ1) is 11.6. The third-order valence-corrected chi connectivity index (χ3v) is 4.48. The van der Waals surface area contributed by atoms with E-state index in [2.05, 4.69) is 14.5 Å². The molecule has 94 valence electrons. The van der Waals surface area contributed by atoms with Crippen LogP contribution in [0.2, 0.25) is 0 Å². The maximum atomic E-state index is 5.62. The van der Waals surface area contributed by atoms with Gasteiger partial charge in [0, 0.05) is 23.6 Å². The summed E-state index contributed by atoms with van der Waals surface area (Å²) in [4.78, 5) is 8.44. The molecule has 18 heavy (non-hydrogen) atoms. The van der Waals surface area contributed by atoms with E-state index in [1.165, 1.54) is 24.3 Å². The van der Waals surface area contributed by atoms with Gasteiger partial charge in [0.15, 0.2) is 0 Å². The molecule has 4 nitrogen and oxygen atoms in total. The third kappa shape index (κ3) is 2.22. The fourth-order valence-electron chi connectivity index (χ4n) is 2.32. The molecule has 5 heteroatoms. The van der Waals surface area contributed by atoms with E-state index in [4.69, 9.17) is 5.73 Å². The van der Waals surface area contributed by atoms with Crippen molar-refractivity contribution in [3.63, 3.8) is 0 Å². The van der Waals surface area contributed by atoms with Gasteiger partial charge in [0.1, 0.15) is 5.82 Å². The van der Waals surface area contributed by atoms with Gasteiger partial charge in [-0.25, -0.2) is 9.97 Å². The number of nitrogens with two attached hydrogens (primary N) is 1. The summed E-state index contributed by atoms with van der Waals surface area (Å²) < 4.78 is 2.28. The number of nitrogens with zero attached hydrogens (tertiary/aromatic N) is 3. The fourth-order valence-corrected chi connectivity index (χ4v) is 3.46. The monoisotopic (exact) mass is 260 g/mol. The van der Waals surface area contributed by atoms with Crippen LogP contribution in [-0.4, -0.2) is 26.0 Å². The predicted octanol–water partition coefficient (Wildman–Crippen LogP) is 2.60. The summed E-state index contributed by atoms with van der Waals surface area (Å²) in [5.74, 6) is 3.01. The fraction of sp³-hybridized carbons (Fsp3) is 0.385. The van der Waals surface area contributed by atoms with Crippen LogP contribution in [-0.2, 0) is 0 Å². The lowest BCUT2D eigenvalue weighted by Crippen LogP contribution is -2.16. The van der Waals surface area contributed by atoms with Crippen LogP contribution in [0.3, 0.4) is 0 Å². The van der Waals surface area contributed by atoms with Gasteiger partial charge in [0.25, 0.3) is 0 Å². The molecule has 1 atom stereocenters. The van der Waals surface area contributed by atoms with Crippen LogP contribution in [0.15, 0.2) is 30.9 Å². The Morgan fingerprint density at radius 3 is 3.00 bits per heavy atom. The minimum Gasteiger partial charge on any atom is -0.384 e. The van der Waals surface area contributed by atoms with Crippen molar-refractivity contribution in [3.05, 3.63) is 30.9 Å². The van der Waals surface area contributed by atoms with E-state index in [0.717, 1.165) is 11.3 Å². The van der Waals surface area contributed by atoms with Gasteiger partial charge in [-0.05, 0) is 30.7 Å². The average Bonchev–Trinajstić information content (AvgIpc) is 2.90. The zero-order chi connectivity index (χ0) is 12.4. The van der Waals surface area contributed by atoms with E-state index >= 15 is 0 Å². The van der Waals surface area contributed by atoms with Crippen LogP contribution < -0.4 is 5.73 Å². The Morgan fingerprint density at radius 2 is 2.28 bits per heavy atom. The number of hydrogen-bond acceptors (Lipinski definition) is 4. The zero-order valence-electron chi connectivity index (χ0n) is 10.1. The normalized spacial score (nSPS) is 19.9. The van der Waals surface area contributed by atoms with Crippen molar-refractivity contribution in [1.29, 1.82) is 0 Å². The maximum absolute atomic E-state index is 5.62. The minimum atomic E-state index is 0.554. The molecule has 0 aliphatic carbocycles. The lowest BCUT2D eigenvalue weighted by molar-refractivity contribution is 0.503. The molecular weight excluding hydrogens is 244 g/mol. The molecule has 1 fully saturated rings. The molecule has 1 aliphatic heterocycles. The van der Waals surface area contributed by atoms with E-state index in [9.17, 15) is 0 Å². The van der Waals surface area contributed by atoms with Crippen molar-refractivity contribution in [1.82, 2.24) is 14.5 Å². The Balaban J connectivity index is 1.93. The molecule has 0 aromatic carbocycles. The van der Waals surface area contributed by atoms with Gasteiger partial charge in [0.2, 0.25) is 0 Å². The first-order valence-corrected chi connectivity index (χ1v) is 7.31. The largest absolute Gasteiger partial charge is 0.384 e. The van der Waals surface area contributed by atoms with E-state index < -0.39 is 0 Å². The van der Waals surface area contributed by atoms with Crippen LogP contribution in [0.1, 0.15) is 18.9 Å². The molecule has 0 bridgehead atoms. The van der Waals surface area contributed by atoms with Crippen molar-refractivity contribution in [2.24, 2.45) is 0 Å². The second kappa shape index (κ2) is 5.02. The first-order valence-electron chi connectivity index (χ1n) is 6.16. The molecule has 2 aromatic heterocycles. The second-order valence-corrected chi connectivity index (χ2v) is 5.68. The number of aromatic nitrogens is 3. The highest BCUT2D eigenvalue weighted by Gasteiger charge is 2.18. The van der Waals surface area contributed by atoms with E-state index in [1.54, 1.807) is 0 Å². The third-order valence-electron chi connectivity index (χ3n) is 3.28. The first-order chi connectivity index (χ1) is 8.84. The number of imidazole rings is 1. The number of hydrogen-bond donors (Lipinski definition) is 1. The van der Waals surface area contributed by atoms with Crippen molar-refractivity contribution in [2.45, 2.75) is 18.9 Å². The Kier molecular flexibility index (Phi) is 3.23. The van der Waals surface area contributed by atoms with Crippen LogP contribution in [0.4, 0.5) is 5.82 Å². The summed E-state index contributed by atoms with van der Waals surface area (Å²) in [5, 5.41) is 0. The summed E-state index contributed by atoms with van der Waals surface area (Å²) in [7, 11) is 0. The zero-order valence-corrected chi connectivity index (χ0v) is 10.9. The molecule has 1 saturated heterocycles. The van der Waals surface area contributed by atoms with Gasteiger partial charge in [-0.15, -0.1) is 0 Å². The standard InChI is InChI=1S/C13H16N4S/c14-13-4-3-10(6-16-13)12-7-15-9-17(12)11-2-1-5-18-8-11/h3-4,6-7,9,11H,1-2,5,8H2,(H2,14,16). The predicted molar refractivity (Wildman–Crippen MR) is 75.5 cm³/mol. The molecule has 0 amide bonds. The second-order valence-electron chi connectivity index (χ2n) is 4.53. The number of nitrogen functional groups attached to an aromatic ring is 1. The van der Waals surface area contributed by atoms with Crippen molar-refractivity contribution >= 4 is 17.6 Å². The Hall–Kier alpha value is -1.49. The Labute approximate surface area is 111 Å². The summed E-state index contributed by atoms with van der Waals surface area (Å²) in [6.07, 6.45) is 8.18. The van der Waals surface area contributed by atoms with Crippen molar-refractivity contribution in [3.8, 4) is 11.3 Å². The Bertz CT molecular complexity index is 514. The molecule has 2 aromatic rings. The molecule has 1 unspecified atom stereocenters. The van der Waals surface area contributed by atoms with Crippen LogP contribution in [0.25, 0.3) is 11.3 Å². The molecule has 3 heterocycles. The highest BCUT2D eigenvalue weighted by atomic mass is 32.2. The molecule has 0 radical (unpaired) electrons. The molecule has 0 spiro atoms. The highest BCUT2D eigenvalue weighted by molar-refractivity contribution is 7.99. The van der Waals surface area contributed by atoms with Gasteiger partial charge < -0.3 is 10.3 Å². The summed E-state index contributed by atoms with van der Waals surface area (Å²) in [5.41, 5.74) is 7.84. The molecule has 1 aliphatic rings. The lowest BCUT2D eigenvalue weighted by Gasteiger charge is -2.24. The van der Waals surface area contributed by atoms with Gasteiger partial charge in [-0.3, -0.25) is 0 Å². The highest BCUT2D eigenvalue weighted by Crippen LogP contribution is 2.30. The lowest BCUT2D eigenvalue weighted by atomic mass is 10.1. The van der Waals surface area contributed by atoms with Crippen LogP contribution in [0, 0.1) is 0 Å². The summed E-state index contributed by atoms with van der Waals surface area (Å²) >= 11 is 2.02. The molecule has 3 rings (SSSR count). The molecule has 2 N–H and O–H groups in total. The quantitative estimate of drug-likeness (QED) is 0.901. The number of anilines is 1.